The zero-order chi connectivity index (χ0) is 21.4. The number of terminal acetylenes is 1. The number of ketones is 1. The highest BCUT2D eigenvalue weighted by atomic mass is 16.6. The lowest BCUT2D eigenvalue weighted by molar-refractivity contribution is -0.170. The number of rotatable bonds is 6. The third kappa shape index (κ3) is 3.55. The van der Waals surface area contributed by atoms with Gasteiger partial charge in [-0.25, -0.2) is 0 Å². The summed E-state index contributed by atoms with van der Waals surface area (Å²) in [6.07, 6.45) is 20.9. The molecular weight excluding hydrogens is 372 g/mol. The number of allylic oxidation sites excluding steroid dienone is 1. The van der Waals surface area contributed by atoms with Gasteiger partial charge in [-0.15, -0.1) is 6.42 Å². The lowest BCUT2D eigenvalue weighted by Crippen LogP contribution is -2.53. The Morgan fingerprint density at radius 2 is 1.97 bits per heavy atom. The molecule has 0 unspecified atom stereocenters. The van der Waals surface area contributed by atoms with Crippen molar-refractivity contribution in [2.45, 2.75) is 103 Å². The van der Waals surface area contributed by atoms with Crippen LogP contribution < -0.4 is 0 Å². The van der Waals surface area contributed by atoms with Crippen molar-refractivity contribution >= 4 is 11.8 Å². The number of carbonyl (C=O) groups is 2. The van der Waals surface area contributed by atoms with Gasteiger partial charge in [0, 0.05) is 18.3 Å². The van der Waals surface area contributed by atoms with Gasteiger partial charge in [0.15, 0.2) is 11.4 Å². The third-order valence-electron chi connectivity index (χ3n) is 9.18. The molecule has 4 aliphatic rings. The first-order valence-corrected chi connectivity index (χ1v) is 12.4. The SMILES string of the molecule is C#C[C@]1(OC(=O)CCCCCC)CC[C@@H]2[C@@H]3CCC4=CC(=O)CC[C@@H]4[C@H]3CC[C@@]21C. The van der Waals surface area contributed by atoms with E-state index in [1.54, 1.807) is 0 Å². The van der Waals surface area contributed by atoms with E-state index in [0.717, 1.165) is 64.2 Å². The van der Waals surface area contributed by atoms with Crippen molar-refractivity contribution < 1.29 is 14.3 Å². The van der Waals surface area contributed by atoms with Gasteiger partial charge in [-0.2, -0.15) is 0 Å². The van der Waals surface area contributed by atoms with Gasteiger partial charge in [0.2, 0.25) is 0 Å². The lowest BCUT2D eigenvalue weighted by atomic mass is 9.50. The fourth-order valence-corrected chi connectivity index (χ4v) is 7.55. The van der Waals surface area contributed by atoms with Crippen LogP contribution in [-0.4, -0.2) is 17.4 Å². The van der Waals surface area contributed by atoms with E-state index in [2.05, 4.69) is 19.8 Å². The summed E-state index contributed by atoms with van der Waals surface area (Å²) in [5.74, 6) is 5.67. The molecule has 4 rings (SSSR count). The van der Waals surface area contributed by atoms with E-state index < -0.39 is 5.60 Å². The Balaban J connectivity index is 1.49. The Morgan fingerprint density at radius 1 is 1.13 bits per heavy atom. The van der Waals surface area contributed by atoms with Crippen LogP contribution in [0.4, 0.5) is 0 Å². The highest BCUT2D eigenvalue weighted by molar-refractivity contribution is 5.91. The van der Waals surface area contributed by atoms with Crippen molar-refractivity contribution in [2.24, 2.45) is 29.1 Å². The van der Waals surface area contributed by atoms with E-state index in [-0.39, 0.29) is 11.4 Å². The minimum Gasteiger partial charge on any atom is -0.445 e. The van der Waals surface area contributed by atoms with Crippen LogP contribution >= 0.6 is 0 Å². The van der Waals surface area contributed by atoms with Gasteiger partial charge in [0.25, 0.3) is 0 Å². The Bertz CT molecular complexity index is 759. The normalized spacial score (nSPS) is 39.9. The Morgan fingerprint density at radius 3 is 2.73 bits per heavy atom. The molecule has 0 radical (unpaired) electrons. The summed E-state index contributed by atoms with van der Waals surface area (Å²) in [7, 11) is 0. The van der Waals surface area contributed by atoms with Gasteiger partial charge in [0.1, 0.15) is 0 Å². The monoisotopic (exact) mass is 410 g/mol. The molecule has 0 aromatic heterocycles. The fourth-order valence-electron chi connectivity index (χ4n) is 7.55. The Labute approximate surface area is 182 Å². The van der Waals surface area contributed by atoms with Gasteiger partial charge >= 0.3 is 5.97 Å². The number of hydrogen-bond acceptors (Lipinski definition) is 3. The van der Waals surface area contributed by atoms with Crippen molar-refractivity contribution in [1.29, 1.82) is 0 Å². The number of fused-ring (bicyclic) bond motifs is 5. The molecule has 30 heavy (non-hydrogen) atoms. The molecular formula is C27H38O3. The van der Waals surface area contributed by atoms with E-state index in [4.69, 9.17) is 11.2 Å². The number of unbranched alkanes of at least 4 members (excludes halogenated alkanes) is 3. The molecule has 3 saturated carbocycles. The first kappa shape index (κ1) is 21.7. The van der Waals surface area contributed by atoms with Crippen molar-refractivity contribution in [3.63, 3.8) is 0 Å². The second kappa shape index (κ2) is 8.52. The lowest BCUT2D eigenvalue weighted by Gasteiger charge is -2.55. The molecule has 0 heterocycles. The molecule has 0 aromatic carbocycles. The molecule has 0 aliphatic heterocycles. The topological polar surface area (TPSA) is 43.4 Å². The largest absolute Gasteiger partial charge is 0.445 e. The van der Waals surface area contributed by atoms with Crippen molar-refractivity contribution in [2.75, 3.05) is 0 Å². The molecule has 0 aromatic rings. The number of ether oxygens (including phenoxy) is 1. The molecule has 0 spiro atoms. The van der Waals surface area contributed by atoms with E-state index in [0.29, 0.717) is 42.3 Å². The first-order chi connectivity index (χ1) is 14.4. The predicted molar refractivity (Wildman–Crippen MR) is 119 cm³/mol. The highest BCUT2D eigenvalue weighted by Gasteiger charge is 2.64. The zero-order valence-corrected chi connectivity index (χ0v) is 18.9. The summed E-state index contributed by atoms with van der Waals surface area (Å²) in [6, 6.07) is 0. The smallest absolute Gasteiger partial charge is 0.307 e. The van der Waals surface area contributed by atoms with Crippen LogP contribution in [0.2, 0.25) is 0 Å². The maximum atomic E-state index is 12.7. The number of esters is 1. The van der Waals surface area contributed by atoms with Crippen LogP contribution in [0, 0.1) is 41.4 Å². The van der Waals surface area contributed by atoms with E-state index in [1.807, 2.05) is 6.08 Å². The maximum Gasteiger partial charge on any atom is 0.307 e. The van der Waals surface area contributed by atoms with E-state index >= 15 is 0 Å². The quantitative estimate of drug-likeness (QED) is 0.306. The van der Waals surface area contributed by atoms with Crippen LogP contribution in [0.25, 0.3) is 0 Å². The molecule has 4 aliphatic carbocycles. The van der Waals surface area contributed by atoms with Gasteiger partial charge in [-0.05, 0) is 81.1 Å². The molecule has 3 nitrogen and oxygen atoms in total. The summed E-state index contributed by atoms with van der Waals surface area (Å²) >= 11 is 0. The molecule has 0 bridgehead atoms. The minimum absolute atomic E-state index is 0.104. The van der Waals surface area contributed by atoms with Crippen LogP contribution in [0.5, 0.6) is 0 Å². The second-order valence-electron chi connectivity index (χ2n) is 10.6. The first-order valence-electron chi connectivity index (χ1n) is 12.4. The summed E-state index contributed by atoms with van der Waals surface area (Å²) in [5, 5.41) is 0. The maximum absolute atomic E-state index is 12.7. The van der Waals surface area contributed by atoms with Gasteiger partial charge in [-0.3, -0.25) is 9.59 Å². The van der Waals surface area contributed by atoms with Gasteiger partial charge < -0.3 is 4.74 Å². The van der Waals surface area contributed by atoms with Crippen LogP contribution in [0.15, 0.2) is 11.6 Å². The highest BCUT2D eigenvalue weighted by Crippen LogP contribution is 2.65. The average molecular weight is 411 g/mol. The van der Waals surface area contributed by atoms with Crippen molar-refractivity contribution in [3.05, 3.63) is 11.6 Å². The summed E-state index contributed by atoms with van der Waals surface area (Å²) < 4.78 is 6.17. The zero-order valence-electron chi connectivity index (χ0n) is 18.9. The fraction of sp³-hybridized carbons (Fsp3) is 0.778. The van der Waals surface area contributed by atoms with Crippen LogP contribution in [0.1, 0.15) is 97.3 Å². The second-order valence-corrected chi connectivity index (χ2v) is 10.6. The van der Waals surface area contributed by atoms with Gasteiger partial charge in [-0.1, -0.05) is 44.6 Å². The molecule has 0 amide bonds. The molecule has 164 valence electrons. The standard InChI is InChI=1S/C27H38O3/c1-4-6-7-8-9-25(29)30-27(5-2)17-15-24-23-12-10-19-18-20(28)11-13-21(19)22(23)14-16-26(24,27)3/h2,18,21-24H,4,6-17H2,1,3H3/t21-,22+,23+,24+,26-,27-/m0/s1. The van der Waals surface area contributed by atoms with E-state index in [1.165, 1.54) is 12.0 Å². The predicted octanol–water partition coefficient (Wildman–Crippen LogP) is 6.01. The average Bonchev–Trinajstić information content (AvgIpc) is 3.03. The molecule has 3 heteroatoms. The van der Waals surface area contributed by atoms with Crippen molar-refractivity contribution in [1.82, 2.24) is 0 Å². The van der Waals surface area contributed by atoms with E-state index in [9.17, 15) is 9.59 Å². The molecule has 0 saturated heterocycles. The van der Waals surface area contributed by atoms with Gasteiger partial charge in [0.05, 0.1) is 0 Å². The Kier molecular flexibility index (Phi) is 6.16. The number of carbonyl (C=O) groups excluding carboxylic acids is 2. The van der Waals surface area contributed by atoms with Crippen molar-refractivity contribution in [3.8, 4) is 12.3 Å². The van der Waals surface area contributed by atoms with Crippen LogP contribution in [0.3, 0.4) is 0 Å². The number of hydrogen-bond donors (Lipinski definition) is 0. The minimum atomic E-state index is -0.733. The summed E-state index contributed by atoms with van der Waals surface area (Å²) in [6.45, 7) is 4.48. The Hall–Kier alpha value is -1.56. The van der Waals surface area contributed by atoms with Crippen LogP contribution in [-0.2, 0) is 14.3 Å². The molecule has 3 fully saturated rings. The molecule has 6 atom stereocenters. The summed E-state index contributed by atoms with van der Waals surface area (Å²) in [5.41, 5.74) is 0.562. The summed E-state index contributed by atoms with van der Waals surface area (Å²) in [4.78, 5) is 24.6. The molecule has 0 N–H and O–H groups in total. The third-order valence-corrected chi connectivity index (χ3v) is 9.18.